The number of carbonyl (C=O) groups is 1. The van der Waals surface area contributed by atoms with Crippen LogP contribution in [0.5, 0.6) is 0 Å². The Morgan fingerprint density at radius 3 is 2.46 bits per heavy atom. The second-order valence-corrected chi connectivity index (χ2v) is 8.78. The molecule has 2 heterocycles. The molecule has 0 radical (unpaired) electrons. The van der Waals surface area contributed by atoms with Crippen molar-refractivity contribution in [2.75, 3.05) is 24.5 Å². The standard InChI is InChI=1S/C20H25N3O4S/c1-4-12-23(18-8-6-5-7-9-18)20(24)17-10-13-22(14-11-17)28(25,26)19-15(2)21-27-16(19)3/h4-9,17H,1,10-14H2,2-3H3. The van der Waals surface area contributed by atoms with Gasteiger partial charge in [-0.1, -0.05) is 29.4 Å². The van der Waals surface area contributed by atoms with E-state index in [1.165, 1.54) is 4.31 Å². The molecule has 0 spiro atoms. The average Bonchev–Trinajstić information content (AvgIpc) is 3.05. The van der Waals surface area contributed by atoms with Gasteiger partial charge >= 0.3 is 0 Å². The van der Waals surface area contributed by atoms with E-state index in [-0.39, 0.29) is 22.5 Å². The molecule has 7 nitrogen and oxygen atoms in total. The number of rotatable bonds is 6. The highest BCUT2D eigenvalue weighted by Crippen LogP contribution is 2.29. The van der Waals surface area contributed by atoms with Crippen molar-refractivity contribution in [2.45, 2.75) is 31.6 Å². The number of nitrogens with zero attached hydrogens (tertiary/aromatic N) is 3. The molecule has 0 atom stereocenters. The van der Waals surface area contributed by atoms with Crippen LogP contribution in [0.3, 0.4) is 0 Å². The third-order valence-electron chi connectivity index (χ3n) is 5.01. The summed E-state index contributed by atoms with van der Waals surface area (Å²) in [5, 5.41) is 3.75. The molecule has 1 aromatic carbocycles. The van der Waals surface area contributed by atoms with E-state index in [2.05, 4.69) is 11.7 Å². The average molecular weight is 404 g/mol. The van der Waals surface area contributed by atoms with E-state index >= 15 is 0 Å². The van der Waals surface area contributed by atoms with Gasteiger partial charge in [-0.2, -0.15) is 4.31 Å². The van der Waals surface area contributed by atoms with Gasteiger partial charge in [0.15, 0.2) is 5.76 Å². The number of piperidine rings is 1. The first-order chi connectivity index (χ1) is 13.4. The van der Waals surface area contributed by atoms with Crippen molar-refractivity contribution < 1.29 is 17.7 Å². The number of anilines is 1. The zero-order valence-electron chi connectivity index (χ0n) is 16.2. The number of hydrogen-bond donors (Lipinski definition) is 0. The third kappa shape index (κ3) is 3.88. The predicted molar refractivity (Wildman–Crippen MR) is 106 cm³/mol. The molecule has 0 saturated carbocycles. The molecule has 1 aliphatic rings. The Balaban J connectivity index is 1.72. The summed E-state index contributed by atoms with van der Waals surface area (Å²) in [5.41, 5.74) is 1.18. The minimum atomic E-state index is -3.68. The summed E-state index contributed by atoms with van der Waals surface area (Å²) in [6, 6.07) is 9.45. The number of aromatic nitrogens is 1. The van der Waals surface area contributed by atoms with Crippen molar-refractivity contribution in [3.8, 4) is 0 Å². The molecule has 8 heteroatoms. The van der Waals surface area contributed by atoms with E-state index in [0.29, 0.717) is 38.2 Å². The summed E-state index contributed by atoms with van der Waals surface area (Å²) in [6.45, 7) is 7.96. The largest absolute Gasteiger partial charge is 0.360 e. The van der Waals surface area contributed by atoms with Gasteiger partial charge in [-0.05, 0) is 38.8 Å². The van der Waals surface area contributed by atoms with Gasteiger partial charge in [-0.15, -0.1) is 6.58 Å². The fourth-order valence-corrected chi connectivity index (χ4v) is 5.36. The van der Waals surface area contributed by atoms with Gasteiger partial charge in [0.1, 0.15) is 10.6 Å². The number of para-hydroxylation sites is 1. The van der Waals surface area contributed by atoms with Crippen LogP contribution in [0.2, 0.25) is 0 Å². The maximum atomic E-state index is 13.1. The molecule has 0 aliphatic carbocycles. The molecule has 0 unspecified atom stereocenters. The normalized spacial score (nSPS) is 16.1. The van der Waals surface area contributed by atoms with Crippen LogP contribution >= 0.6 is 0 Å². The van der Waals surface area contributed by atoms with E-state index in [4.69, 9.17) is 4.52 Å². The summed E-state index contributed by atoms with van der Waals surface area (Å²) < 4.78 is 32.3. The van der Waals surface area contributed by atoms with Crippen LogP contribution in [0, 0.1) is 19.8 Å². The molecular formula is C20H25N3O4S. The minimum absolute atomic E-state index is 0.000451. The molecule has 1 fully saturated rings. The monoisotopic (exact) mass is 403 g/mol. The van der Waals surface area contributed by atoms with Crippen molar-refractivity contribution in [3.63, 3.8) is 0 Å². The smallest absolute Gasteiger partial charge is 0.248 e. The van der Waals surface area contributed by atoms with Crippen molar-refractivity contribution in [2.24, 2.45) is 5.92 Å². The first kappa shape index (κ1) is 20.3. The summed E-state index contributed by atoms with van der Waals surface area (Å²) in [7, 11) is -3.68. The summed E-state index contributed by atoms with van der Waals surface area (Å²) in [6.07, 6.45) is 2.64. The van der Waals surface area contributed by atoms with Crippen LogP contribution in [0.25, 0.3) is 0 Å². The molecule has 150 valence electrons. The number of aryl methyl sites for hydroxylation is 2. The molecule has 2 aromatic rings. The van der Waals surface area contributed by atoms with Crippen LogP contribution in [0.1, 0.15) is 24.3 Å². The molecule has 1 aliphatic heterocycles. The topological polar surface area (TPSA) is 83.7 Å². The lowest BCUT2D eigenvalue weighted by atomic mass is 9.96. The molecule has 0 N–H and O–H groups in total. The zero-order chi connectivity index (χ0) is 20.3. The van der Waals surface area contributed by atoms with Gasteiger partial charge < -0.3 is 9.42 Å². The number of sulfonamides is 1. The maximum absolute atomic E-state index is 13.1. The van der Waals surface area contributed by atoms with Crippen LogP contribution in [0.4, 0.5) is 5.69 Å². The van der Waals surface area contributed by atoms with E-state index in [9.17, 15) is 13.2 Å². The van der Waals surface area contributed by atoms with Crippen LogP contribution in [-0.4, -0.2) is 43.4 Å². The Bertz CT molecular complexity index is 926. The number of hydrogen-bond acceptors (Lipinski definition) is 5. The lowest BCUT2D eigenvalue weighted by Gasteiger charge is -2.33. The van der Waals surface area contributed by atoms with Crippen LogP contribution in [-0.2, 0) is 14.8 Å². The summed E-state index contributed by atoms with van der Waals surface area (Å²) in [4.78, 5) is 14.9. The Morgan fingerprint density at radius 1 is 1.29 bits per heavy atom. The highest BCUT2D eigenvalue weighted by molar-refractivity contribution is 7.89. The lowest BCUT2D eigenvalue weighted by molar-refractivity contribution is -0.123. The highest BCUT2D eigenvalue weighted by Gasteiger charge is 2.36. The molecule has 1 amide bonds. The van der Waals surface area contributed by atoms with E-state index in [1.54, 1.807) is 24.8 Å². The van der Waals surface area contributed by atoms with Gasteiger partial charge in [-0.25, -0.2) is 8.42 Å². The van der Waals surface area contributed by atoms with Crippen molar-refractivity contribution in [1.29, 1.82) is 0 Å². The van der Waals surface area contributed by atoms with Crippen LogP contribution in [0.15, 0.2) is 52.4 Å². The van der Waals surface area contributed by atoms with E-state index in [1.807, 2.05) is 30.3 Å². The molecule has 28 heavy (non-hydrogen) atoms. The Labute approximate surface area is 165 Å². The van der Waals surface area contributed by atoms with E-state index < -0.39 is 10.0 Å². The maximum Gasteiger partial charge on any atom is 0.248 e. The van der Waals surface area contributed by atoms with Gasteiger partial charge in [0.05, 0.1) is 0 Å². The third-order valence-corrected chi connectivity index (χ3v) is 7.16. The SMILES string of the molecule is C=CCN(C(=O)C1CCN(S(=O)(=O)c2c(C)noc2C)CC1)c1ccccc1. The summed E-state index contributed by atoms with van der Waals surface area (Å²) in [5.74, 6) is 0.0636. The Kier molecular flexibility index (Phi) is 6.00. The zero-order valence-corrected chi connectivity index (χ0v) is 17.0. The van der Waals surface area contributed by atoms with Gasteiger partial charge in [0.25, 0.3) is 0 Å². The quantitative estimate of drug-likeness (QED) is 0.693. The number of benzene rings is 1. The minimum Gasteiger partial charge on any atom is -0.360 e. The summed E-state index contributed by atoms with van der Waals surface area (Å²) >= 11 is 0. The van der Waals surface area contributed by atoms with Crippen molar-refractivity contribution >= 4 is 21.6 Å². The predicted octanol–water partition coefficient (Wildman–Crippen LogP) is 2.91. The van der Waals surface area contributed by atoms with Crippen LogP contribution < -0.4 is 4.90 Å². The van der Waals surface area contributed by atoms with E-state index in [0.717, 1.165) is 5.69 Å². The first-order valence-corrected chi connectivity index (χ1v) is 10.7. The highest BCUT2D eigenvalue weighted by atomic mass is 32.2. The van der Waals surface area contributed by atoms with Gasteiger partial charge in [-0.3, -0.25) is 4.79 Å². The fraction of sp³-hybridized carbons (Fsp3) is 0.400. The molecule has 3 rings (SSSR count). The molecular weight excluding hydrogens is 378 g/mol. The van der Waals surface area contributed by atoms with Gasteiger partial charge in [0.2, 0.25) is 15.9 Å². The molecule has 1 aromatic heterocycles. The molecule has 1 saturated heterocycles. The second kappa shape index (κ2) is 8.28. The number of amides is 1. The van der Waals surface area contributed by atoms with Crippen molar-refractivity contribution in [3.05, 3.63) is 54.4 Å². The number of carbonyl (C=O) groups excluding carboxylic acids is 1. The second-order valence-electron chi connectivity index (χ2n) is 6.90. The Morgan fingerprint density at radius 2 is 1.93 bits per heavy atom. The van der Waals surface area contributed by atoms with Gasteiger partial charge in [0, 0.05) is 31.2 Å². The lowest BCUT2D eigenvalue weighted by Crippen LogP contribution is -2.44. The fourth-order valence-electron chi connectivity index (χ4n) is 3.60. The first-order valence-electron chi connectivity index (χ1n) is 9.26. The molecule has 0 bridgehead atoms. The van der Waals surface area contributed by atoms with Crippen molar-refractivity contribution in [1.82, 2.24) is 9.46 Å². The Hall–Kier alpha value is -2.45.